The van der Waals surface area contributed by atoms with E-state index in [1.54, 1.807) is 12.1 Å². The topological polar surface area (TPSA) is 33.1 Å². The van der Waals surface area contributed by atoms with Crippen molar-refractivity contribution in [3.63, 3.8) is 0 Å². The quantitative estimate of drug-likeness (QED) is 0.804. The predicted molar refractivity (Wildman–Crippen MR) is 93.1 cm³/mol. The van der Waals surface area contributed by atoms with Gasteiger partial charge in [-0.3, -0.25) is 4.90 Å². The molecular weight excluding hydrogens is 303 g/mol. The van der Waals surface area contributed by atoms with E-state index in [4.69, 9.17) is 4.98 Å². The smallest absolute Gasteiger partial charge is 0.123 e. The van der Waals surface area contributed by atoms with Gasteiger partial charge in [-0.2, -0.15) is 0 Å². The fourth-order valence-electron chi connectivity index (χ4n) is 3.50. The highest BCUT2D eigenvalue weighted by Crippen LogP contribution is 2.25. The average Bonchev–Trinajstić information content (AvgIpc) is 2.92. The third kappa shape index (κ3) is 2.81. The molecule has 2 heterocycles. The van der Waals surface area contributed by atoms with Gasteiger partial charge in [0, 0.05) is 32.7 Å². The molecule has 1 fully saturated rings. The van der Waals surface area contributed by atoms with Crippen LogP contribution in [0.4, 0.5) is 4.39 Å². The molecule has 1 aliphatic rings. The number of nitrogens with zero attached hydrogens (tertiary/aromatic N) is 3. The Hall–Kier alpha value is -2.24. The van der Waals surface area contributed by atoms with Crippen LogP contribution in [0.3, 0.4) is 0 Å². The predicted octanol–water partition coefficient (Wildman–Crippen LogP) is 2.86. The Morgan fingerprint density at radius 1 is 1.21 bits per heavy atom. The highest BCUT2D eigenvalue weighted by Gasteiger charge is 2.25. The van der Waals surface area contributed by atoms with Gasteiger partial charge in [-0.25, -0.2) is 9.37 Å². The zero-order chi connectivity index (χ0) is 16.5. The lowest BCUT2D eigenvalue weighted by molar-refractivity contribution is 0.148. The van der Waals surface area contributed by atoms with E-state index in [2.05, 4.69) is 27.9 Å². The number of para-hydroxylation sites is 2. The highest BCUT2D eigenvalue weighted by molar-refractivity contribution is 5.75. The van der Waals surface area contributed by atoms with Crippen molar-refractivity contribution in [3.05, 3.63) is 65.7 Å². The van der Waals surface area contributed by atoms with Crippen molar-refractivity contribution >= 4 is 11.0 Å². The molecule has 24 heavy (non-hydrogen) atoms. The normalized spacial score (nSPS) is 19.0. The molecule has 0 aliphatic carbocycles. The van der Waals surface area contributed by atoms with Crippen molar-refractivity contribution in [3.8, 4) is 0 Å². The van der Waals surface area contributed by atoms with Crippen molar-refractivity contribution in [1.29, 1.82) is 0 Å². The van der Waals surface area contributed by atoms with E-state index in [1.807, 2.05) is 24.3 Å². The van der Waals surface area contributed by atoms with E-state index in [1.165, 1.54) is 6.07 Å². The number of nitrogens with one attached hydrogen (secondary N) is 1. The summed E-state index contributed by atoms with van der Waals surface area (Å²) < 4.78 is 15.8. The first kappa shape index (κ1) is 15.3. The number of piperazine rings is 1. The molecule has 1 aromatic heterocycles. The molecular formula is C19H21FN4. The highest BCUT2D eigenvalue weighted by atomic mass is 19.1. The summed E-state index contributed by atoms with van der Waals surface area (Å²) in [6.07, 6.45) is 0. The van der Waals surface area contributed by atoms with Crippen molar-refractivity contribution in [1.82, 2.24) is 19.8 Å². The number of rotatable bonds is 3. The summed E-state index contributed by atoms with van der Waals surface area (Å²) in [6.45, 7) is 3.45. The molecule has 0 spiro atoms. The number of hydrogen-bond acceptors (Lipinski definition) is 3. The lowest BCUT2D eigenvalue weighted by Crippen LogP contribution is -2.45. The van der Waals surface area contributed by atoms with Crippen LogP contribution in [0, 0.1) is 5.82 Å². The van der Waals surface area contributed by atoms with Gasteiger partial charge in [0.1, 0.15) is 11.6 Å². The molecule has 1 aliphatic heterocycles. The maximum atomic E-state index is 13.6. The summed E-state index contributed by atoms with van der Waals surface area (Å²) >= 11 is 0. The Morgan fingerprint density at radius 2 is 2.08 bits per heavy atom. The van der Waals surface area contributed by atoms with Gasteiger partial charge in [0.05, 0.1) is 17.6 Å². The standard InChI is InChI=1S/C19H21FN4/c1-23-17-8-3-2-7-16(17)22-19(23)13-24-10-9-21-12-18(24)14-5-4-6-15(20)11-14/h2-8,11,18,21H,9-10,12-13H2,1H3. The zero-order valence-electron chi connectivity index (χ0n) is 13.7. The number of aryl methyl sites for hydroxylation is 1. The van der Waals surface area contributed by atoms with E-state index in [0.29, 0.717) is 0 Å². The molecule has 1 saturated heterocycles. The van der Waals surface area contributed by atoms with Gasteiger partial charge in [-0.15, -0.1) is 0 Å². The van der Waals surface area contributed by atoms with Crippen molar-refractivity contribution in [2.45, 2.75) is 12.6 Å². The lowest BCUT2D eigenvalue weighted by Gasteiger charge is -2.36. The second kappa shape index (κ2) is 6.34. The summed E-state index contributed by atoms with van der Waals surface area (Å²) in [4.78, 5) is 7.16. The van der Waals surface area contributed by atoms with Gasteiger partial charge >= 0.3 is 0 Å². The maximum absolute atomic E-state index is 13.6. The molecule has 0 radical (unpaired) electrons. The minimum absolute atomic E-state index is 0.161. The monoisotopic (exact) mass is 324 g/mol. The summed E-state index contributed by atoms with van der Waals surface area (Å²) in [5, 5.41) is 3.42. The Kier molecular flexibility index (Phi) is 4.04. The van der Waals surface area contributed by atoms with Gasteiger partial charge in [0.25, 0.3) is 0 Å². The molecule has 4 rings (SSSR count). The summed E-state index contributed by atoms with van der Waals surface area (Å²) in [7, 11) is 2.06. The fraction of sp³-hybridized carbons (Fsp3) is 0.316. The van der Waals surface area contributed by atoms with Crippen LogP contribution in [0.1, 0.15) is 17.4 Å². The second-order valence-electron chi connectivity index (χ2n) is 6.32. The largest absolute Gasteiger partial charge is 0.330 e. The van der Waals surface area contributed by atoms with E-state index in [9.17, 15) is 4.39 Å². The van der Waals surface area contributed by atoms with Gasteiger partial charge in [-0.1, -0.05) is 24.3 Å². The van der Waals surface area contributed by atoms with Crippen molar-refractivity contribution < 1.29 is 4.39 Å². The molecule has 4 nitrogen and oxygen atoms in total. The number of fused-ring (bicyclic) bond motifs is 1. The SMILES string of the molecule is Cn1c(CN2CCNCC2c2cccc(F)c2)nc2ccccc21. The minimum atomic E-state index is -0.180. The molecule has 124 valence electrons. The maximum Gasteiger partial charge on any atom is 0.123 e. The number of imidazole rings is 1. The zero-order valence-corrected chi connectivity index (χ0v) is 13.7. The van der Waals surface area contributed by atoms with E-state index >= 15 is 0 Å². The van der Waals surface area contributed by atoms with Crippen LogP contribution in [-0.4, -0.2) is 34.1 Å². The summed E-state index contributed by atoms with van der Waals surface area (Å²) in [5.74, 6) is 0.861. The van der Waals surface area contributed by atoms with Crippen LogP contribution in [0.15, 0.2) is 48.5 Å². The first-order valence-electron chi connectivity index (χ1n) is 8.33. The molecule has 1 unspecified atom stereocenters. The molecule has 1 atom stereocenters. The Bertz CT molecular complexity index is 857. The number of benzene rings is 2. The molecule has 0 amide bonds. The molecule has 0 bridgehead atoms. The van der Waals surface area contributed by atoms with Gasteiger partial charge in [0.2, 0.25) is 0 Å². The number of halogens is 1. The fourth-order valence-corrected chi connectivity index (χ4v) is 3.50. The number of hydrogen-bond donors (Lipinski definition) is 1. The number of aromatic nitrogens is 2. The summed E-state index contributed by atoms with van der Waals surface area (Å²) in [5.41, 5.74) is 3.18. The van der Waals surface area contributed by atoms with E-state index in [-0.39, 0.29) is 11.9 Å². The van der Waals surface area contributed by atoms with Crippen LogP contribution in [0.2, 0.25) is 0 Å². The van der Waals surface area contributed by atoms with E-state index in [0.717, 1.165) is 48.6 Å². The lowest BCUT2D eigenvalue weighted by atomic mass is 10.0. The minimum Gasteiger partial charge on any atom is -0.330 e. The molecule has 0 saturated carbocycles. The Balaban J connectivity index is 1.64. The van der Waals surface area contributed by atoms with Crippen LogP contribution >= 0.6 is 0 Å². The second-order valence-corrected chi connectivity index (χ2v) is 6.32. The van der Waals surface area contributed by atoms with Crippen molar-refractivity contribution in [2.75, 3.05) is 19.6 Å². The van der Waals surface area contributed by atoms with Crippen molar-refractivity contribution in [2.24, 2.45) is 7.05 Å². The van der Waals surface area contributed by atoms with Gasteiger partial charge in [-0.05, 0) is 29.8 Å². The van der Waals surface area contributed by atoms with Crippen LogP contribution in [-0.2, 0) is 13.6 Å². The average molecular weight is 324 g/mol. The van der Waals surface area contributed by atoms with Gasteiger partial charge < -0.3 is 9.88 Å². The van der Waals surface area contributed by atoms with Crippen LogP contribution in [0.25, 0.3) is 11.0 Å². The Morgan fingerprint density at radius 3 is 2.92 bits per heavy atom. The van der Waals surface area contributed by atoms with E-state index < -0.39 is 0 Å². The molecule has 2 aromatic carbocycles. The van der Waals surface area contributed by atoms with Gasteiger partial charge in [0.15, 0.2) is 0 Å². The van der Waals surface area contributed by atoms with Crippen LogP contribution < -0.4 is 5.32 Å². The third-order valence-corrected chi connectivity index (χ3v) is 4.81. The summed E-state index contributed by atoms with van der Waals surface area (Å²) in [6, 6.07) is 15.3. The molecule has 3 aromatic rings. The first-order valence-corrected chi connectivity index (χ1v) is 8.33. The molecule has 5 heteroatoms. The van der Waals surface area contributed by atoms with Crippen LogP contribution in [0.5, 0.6) is 0 Å². The first-order chi connectivity index (χ1) is 11.7. The third-order valence-electron chi connectivity index (χ3n) is 4.81. The Labute approximate surface area is 140 Å². The molecule has 1 N–H and O–H groups in total.